The van der Waals surface area contributed by atoms with Crippen LogP contribution < -0.4 is 0 Å². The van der Waals surface area contributed by atoms with E-state index in [-0.39, 0.29) is 5.91 Å². The Morgan fingerprint density at radius 2 is 1.80 bits per heavy atom. The summed E-state index contributed by atoms with van der Waals surface area (Å²) in [5.41, 5.74) is 8.20. The number of amides is 1. The van der Waals surface area contributed by atoms with E-state index in [9.17, 15) is 4.79 Å². The van der Waals surface area contributed by atoms with Crippen LogP contribution in [0.5, 0.6) is 0 Å². The molecule has 1 amide bonds. The van der Waals surface area contributed by atoms with Crippen molar-refractivity contribution in [3.63, 3.8) is 0 Å². The van der Waals surface area contributed by atoms with Crippen LogP contribution in [-0.2, 0) is 13.0 Å². The Kier molecular flexibility index (Phi) is 3.60. The summed E-state index contributed by atoms with van der Waals surface area (Å²) in [7, 11) is 0. The van der Waals surface area contributed by atoms with Gasteiger partial charge < -0.3 is 4.90 Å². The molecule has 0 fully saturated rings. The lowest BCUT2D eigenvalue weighted by atomic mass is 9.97. The molecule has 25 heavy (non-hydrogen) atoms. The van der Waals surface area contributed by atoms with E-state index in [2.05, 4.69) is 29.1 Å². The minimum absolute atomic E-state index is 0.109. The standard InChI is InChI=1S/C20H22N4O/c1-12-7-13(2)19(14(3)8-12)20(25)23-6-5-17-16(11-23)10-21-18-9-15(4)22-24(17)18/h7-10H,5-6,11H2,1-4H3. The Balaban J connectivity index is 1.69. The minimum atomic E-state index is 0.109. The maximum atomic E-state index is 13.1. The van der Waals surface area contributed by atoms with Crippen LogP contribution in [0, 0.1) is 27.7 Å². The zero-order chi connectivity index (χ0) is 17.7. The van der Waals surface area contributed by atoms with Gasteiger partial charge >= 0.3 is 0 Å². The fourth-order valence-corrected chi connectivity index (χ4v) is 3.90. The Morgan fingerprint density at radius 3 is 2.52 bits per heavy atom. The van der Waals surface area contributed by atoms with Crippen LogP contribution in [-0.4, -0.2) is 31.9 Å². The predicted octanol–water partition coefficient (Wildman–Crippen LogP) is 3.16. The lowest BCUT2D eigenvalue weighted by molar-refractivity contribution is 0.0731. The summed E-state index contributed by atoms with van der Waals surface area (Å²) in [4.78, 5) is 19.5. The molecule has 3 heterocycles. The minimum Gasteiger partial charge on any atom is -0.334 e. The molecular formula is C20H22N4O. The molecule has 128 valence electrons. The van der Waals surface area contributed by atoms with E-state index in [1.807, 2.05) is 42.4 Å². The summed E-state index contributed by atoms with van der Waals surface area (Å²) in [5, 5.41) is 4.54. The van der Waals surface area contributed by atoms with Gasteiger partial charge in [-0.1, -0.05) is 17.7 Å². The van der Waals surface area contributed by atoms with E-state index >= 15 is 0 Å². The van der Waals surface area contributed by atoms with Gasteiger partial charge in [-0.2, -0.15) is 5.10 Å². The zero-order valence-corrected chi connectivity index (χ0v) is 15.1. The molecule has 4 rings (SSSR count). The van der Waals surface area contributed by atoms with Crippen molar-refractivity contribution in [1.29, 1.82) is 0 Å². The largest absolute Gasteiger partial charge is 0.334 e. The highest BCUT2D eigenvalue weighted by Gasteiger charge is 2.26. The molecule has 0 spiro atoms. The van der Waals surface area contributed by atoms with Gasteiger partial charge in [0.1, 0.15) is 0 Å². The number of rotatable bonds is 1. The summed E-state index contributed by atoms with van der Waals surface area (Å²) >= 11 is 0. The first-order valence-electron chi connectivity index (χ1n) is 8.64. The number of aromatic nitrogens is 3. The van der Waals surface area contributed by atoms with Crippen molar-refractivity contribution in [2.24, 2.45) is 0 Å². The third kappa shape index (κ3) is 2.60. The van der Waals surface area contributed by atoms with Crippen LogP contribution in [0.15, 0.2) is 24.4 Å². The van der Waals surface area contributed by atoms with Crippen LogP contribution in [0.3, 0.4) is 0 Å². The van der Waals surface area contributed by atoms with Gasteiger partial charge in [-0.25, -0.2) is 9.50 Å². The Bertz CT molecular complexity index is 979. The maximum absolute atomic E-state index is 13.1. The molecule has 1 aliphatic heterocycles. The highest BCUT2D eigenvalue weighted by molar-refractivity contribution is 5.97. The average molecular weight is 334 g/mol. The molecule has 5 nitrogen and oxygen atoms in total. The molecule has 1 aromatic carbocycles. The van der Waals surface area contributed by atoms with Crippen molar-refractivity contribution in [2.75, 3.05) is 6.54 Å². The molecule has 0 unspecified atom stereocenters. The van der Waals surface area contributed by atoms with Crippen molar-refractivity contribution in [3.05, 3.63) is 63.6 Å². The molecule has 2 aromatic heterocycles. The lowest BCUT2D eigenvalue weighted by Gasteiger charge is -2.29. The molecular weight excluding hydrogens is 312 g/mol. The van der Waals surface area contributed by atoms with Crippen molar-refractivity contribution >= 4 is 11.6 Å². The molecule has 0 N–H and O–H groups in total. The second kappa shape index (κ2) is 5.69. The van der Waals surface area contributed by atoms with Gasteiger partial charge in [-0.3, -0.25) is 4.79 Å². The molecule has 0 saturated carbocycles. The number of nitrogens with zero attached hydrogens (tertiary/aromatic N) is 4. The van der Waals surface area contributed by atoms with Crippen molar-refractivity contribution in [3.8, 4) is 0 Å². The number of hydrogen-bond donors (Lipinski definition) is 0. The van der Waals surface area contributed by atoms with E-state index in [1.54, 1.807) is 0 Å². The average Bonchev–Trinajstić information content (AvgIpc) is 2.94. The smallest absolute Gasteiger partial charge is 0.254 e. The SMILES string of the molecule is Cc1cc(C)c(C(=O)N2CCc3c(cnc4cc(C)nn34)C2)c(C)c1. The number of aryl methyl sites for hydroxylation is 4. The second-order valence-electron chi connectivity index (χ2n) is 7.04. The van der Waals surface area contributed by atoms with Crippen molar-refractivity contribution in [2.45, 2.75) is 40.7 Å². The molecule has 0 bridgehead atoms. The van der Waals surface area contributed by atoms with Crippen LogP contribution in [0.2, 0.25) is 0 Å². The summed E-state index contributed by atoms with van der Waals surface area (Å²) in [6.07, 6.45) is 2.69. The quantitative estimate of drug-likeness (QED) is 0.687. The van der Waals surface area contributed by atoms with E-state index in [0.717, 1.165) is 40.0 Å². The van der Waals surface area contributed by atoms with Gasteiger partial charge in [0.05, 0.1) is 11.4 Å². The first kappa shape index (κ1) is 15.8. The number of carbonyl (C=O) groups excluding carboxylic acids is 1. The normalized spacial score (nSPS) is 14.0. The Hall–Kier alpha value is -2.69. The van der Waals surface area contributed by atoms with E-state index < -0.39 is 0 Å². The Morgan fingerprint density at radius 1 is 1.08 bits per heavy atom. The molecule has 0 aliphatic carbocycles. The van der Waals surface area contributed by atoms with Crippen LogP contribution >= 0.6 is 0 Å². The first-order chi connectivity index (χ1) is 11.9. The van der Waals surface area contributed by atoms with Gasteiger partial charge in [0, 0.05) is 42.9 Å². The zero-order valence-electron chi connectivity index (χ0n) is 15.1. The molecule has 0 saturated heterocycles. The summed E-state index contributed by atoms with van der Waals surface area (Å²) < 4.78 is 1.93. The van der Waals surface area contributed by atoms with Crippen LogP contribution in [0.1, 0.15) is 44.0 Å². The van der Waals surface area contributed by atoms with Crippen LogP contribution in [0.4, 0.5) is 0 Å². The number of benzene rings is 1. The highest BCUT2D eigenvalue weighted by Crippen LogP contribution is 2.24. The molecule has 0 radical (unpaired) electrons. The van der Waals surface area contributed by atoms with Crippen molar-refractivity contribution < 1.29 is 4.79 Å². The van der Waals surface area contributed by atoms with Gasteiger partial charge in [0.2, 0.25) is 0 Å². The third-order valence-corrected chi connectivity index (χ3v) is 4.95. The molecule has 0 atom stereocenters. The van der Waals surface area contributed by atoms with Gasteiger partial charge in [-0.05, 0) is 38.8 Å². The summed E-state index contributed by atoms with van der Waals surface area (Å²) in [6, 6.07) is 6.14. The summed E-state index contributed by atoms with van der Waals surface area (Å²) in [5.74, 6) is 0.109. The molecule has 3 aromatic rings. The number of carbonyl (C=O) groups is 1. The third-order valence-electron chi connectivity index (χ3n) is 4.95. The van der Waals surface area contributed by atoms with Gasteiger partial charge in [0.25, 0.3) is 5.91 Å². The number of fused-ring (bicyclic) bond motifs is 3. The van der Waals surface area contributed by atoms with E-state index in [4.69, 9.17) is 0 Å². The van der Waals surface area contributed by atoms with Crippen molar-refractivity contribution in [1.82, 2.24) is 19.5 Å². The highest BCUT2D eigenvalue weighted by atomic mass is 16.2. The maximum Gasteiger partial charge on any atom is 0.254 e. The van der Waals surface area contributed by atoms with E-state index in [0.29, 0.717) is 13.1 Å². The first-order valence-corrected chi connectivity index (χ1v) is 8.64. The molecule has 5 heteroatoms. The fourth-order valence-electron chi connectivity index (χ4n) is 3.90. The molecule has 1 aliphatic rings. The van der Waals surface area contributed by atoms with Gasteiger partial charge in [0.15, 0.2) is 5.65 Å². The van der Waals surface area contributed by atoms with Crippen LogP contribution in [0.25, 0.3) is 5.65 Å². The van der Waals surface area contributed by atoms with Gasteiger partial charge in [-0.15, -0.1) is 0 Å². The summed E-state index contributed by atoms with van der Waals surface area (Å²) in [6.45, 7) is 9.36. The number of hydrogen-bond acceptors (Lipinski definition) is 3. The Labute approximate surface area is 147 Å². The monoisotopic (exact) mass is 334 g/mol. The lowest BCUT2D eigenvalue weighted by Crippen LogP contribution is -2.37. The topological polar surface area (TPSA) is 50.5 Å². The fraction of sp³-hybridized carbons (Fsp3) is 0.350. The predicted molar refractivity (Wildman–Crippen MR) is 96.8 cm³/mol. The van der Waals surface area contributed by atoms with E-state index in [1.165, 1.54) is 11.3 Å². The second-order valence-corrected chi connectivity index (χ2v) is 7.04.